The number of ether oxygens (including phenoxy) is 1. The summed E-state index contributed by atoms with van der Waals surface area (Å²) in [6.45, 7) is 5.59. The van der Waals surface area contributed by atoms with E-state index in [0.29, 0.717) is 25.6 Å². The minimum Gasteiger partial charge on any atom is -0.471 e. The Morgan fingerprint density at radius 2 is 1.62 bits per heavy atom. The fourth-order valence-corrected chi connectivity index (χ4v) is 3.11. The average Bonchev–Trinajstić information content (AvgIpc) is 2.75. The van der Waals surface area contributed by atoms with Crippen LogP contribution in [0, 0.1) is 6.92 Å². The van der Waals surface area contributed by atoms with Gasteiger partial charge in [0, 0.05) is 31.7 Å². The van der Waals surface area contributed by atoms with Crippen LogP contribution in [0.1, 0.15) is 35.4 Å². The summed E-state index contributed by atoms with van der Waals surface area (Å²) >= 11 is 0. The molecule has 6 nitrogen and oxygen atoms in total. The Hall–Kier alpha value is -2.83. The summed E-state index contributed by atoms with van der Waals surface area (Å²) in [4.78, 5) is 15.9. The lowest BCUT2D eigenvalue weighted by atomic mass is 10.2. The molecule has 2 aromatic heterocycles. The second-order valence-electron chi connectivity index (χ2n) is 7.06. The van der Waals surface area contributed by atoms with Crippen molar-refractivity contribution in [1.29, 1.82) is 0 Å². The number of hydrogen-bond acceptors (Lipinski definition) is 6. The molecule has 0 saturated carbocycles. The van der Waals surface area contributed by atoms with Crippen molar-refractivity contribution >= 4 is 0 Å². The third-order valence-corrected chi connectivity index (χ3v) is 4.75. The van der Waals surface area contributed by atoms with Crippen LogP contribution in [0.15, 0.2) is 61.1 Å². The molecule has 0 atom stereocenters. The summed E-state index contributed by atoms with van der Waals surface area (Å²) in [6.07, 6.45) is 7.26. The van der Waals surface area contributed by atoms with Crippen molar-refractivity contribution in [3.63, 3.8) is 0 Å². The average molecular weight is 392 g/mol. The molecule has 1 aromatic carbocycles. The van der Waals surface area contributed by atoms with E-state index in [1.807, 2.05) is 42.6 Å². The number of benzene rings is 1. The highest BCUT2D eigenvalue weighted by Crippen LogP contribution is 2.18. The normalized spacial score (nSPS) is 11.0. The van der Waals surface area contributed by atoms with Gasteiger partial charge in [0.1, 0.15) is 12.3 Å². The van der Waals surface area contributed by atoms with E-state index in [2.05, 4.69) is 32.8 Å². The summed E-state index contributed by atoms with van der Waals surface area (Å²) in [5.41, 5.74) is 9.90. The van der Waals surface area contributed by atoms with Crippen LogP contribution in [0.4, 0.5) is 0 Å². The molecular formula is C23H29N5O. The minimum absolute atomic E-state index is 0.471. The first-order chi connectivity index (χ1) is 14.3. The van der Waals surface area contributed by atoms with Gasteiger partial charge in [0.05, 0.1) is 5.69 Å². The van der Waals surface area contributed by atoms with Crippen LogP contribution in [0.3, 0.4) is 0 Å². The van der Waals surface area contributed by atoms with Gasteiger partial charge in [-0.3, -0.25) is 14.9 Å². The zero-order chi connectivity index (χ0) is 20.3. The number of nitrogens with zero attached hydrogens (tertiary/aromatic N) is 4. The van der Waals surface area contributed by atoms with Gasteiger partial charge >= 0.3 is 0 Å². The Balaban J connectivity index is 1.71. The van der Waals surface area contributed by atoms with Gasteiger partial charge in [0.25, 0.3) is 0 Å². The third-order valence-electron chi connectivity index (χ3n) is 4.75. The molecule has 3 rings (SSSR count). The lowest BCUT2D eigenvalue weighted by molar-refractivity contribution is 0.232. The van der Waals surface area contributed by atoms with Crippen LogP contribution in [0.2, 0.25) is 0 Å². The molecule has 0 radical (unpaired) electrons. The smallest absolute Gasteiger partial charge is 0.237 e. The Morgan fingerprint density at radius 1 is 0.862 bits per heavy atom. The number of nitrogens with two attached hydrogens (primary N) is 1. The summed E-state index contributed by atoms with van der Waals surface area (Å²) in [6, 6.07) is 14.1. The van der Waals surface area contributed by atoms with Gasteiger partial charge in [-0.15, -0.1) is 0 Å². The molecule has 0 spiro atoms. The summed E-state index contributed by atoms with van der Waals surface area (Å²) in [5.74, 6) is 0.581. The molecular weight excluding hydrogens is 362 g/mol. The van der Waals surface area contributed by atoms with Crippen LogP contribution in [-0.2, 0) is 19.7 Å². The van der Waals surface area contributed by atoms with Gasteiger partial charge in [-0.25, -0.2) is 4.98 Å². The van der Waals surface area contributed by atoms with Crippen LogP contribution < -0.4 is 10.5 Å². The second-order valence-corrected chi connectivity index (χ2v) is 7.06. The molecule has 0 unspecified atom stereocenters. The molecule has 6 heteroatoms. The molecule has 29 heavy (non-hydrogen) atoms. The van der Waals surface area contributed by atoms with Gasteiger partial charge in [-0.1, -0.05) is 36.4 Å². The van der Waals surface area contributed by atoms with Crippen molar-refractivity contribution in [2.24, 2.45) is 5.73 Å². The van der Waals surface area contributed by atoms with E-state index in [1.165, 1.54) is 5.56 Å². The van der Waals surface area contributed by atoms with Crippen LogP contribution >= 0.6 is 0 Å². The van der Waals surface area contributed by atoms with Crippen LogP contribution in [0.25, 0.3) is 0 Å². The number of aromatic nitrogens is 3. The van der Waals surface area contributed by atoms with E-state index < -0.39 is 0 Å². The highest BCUT2D eigenvalue weighted by atomic mass is 16.5. The first-order valence-electron chi connectivity index (χ1n) is 10.1. The number of aryl methyl sites for hydroxylation is 1. The maximum Gasteiger partial charge on any atom is 0.237 e. The molecule has 0 aliphatic rings. The fraction of sp³-hybridized carbons (Fsp3) is 0.348. The molecule has 2 heterocycles. The van der Waals surface area contributed by atoms with Crippen molar-refractivity contribution < 1.29 is 4.74 Å². The number of unbranched alkanes of at least 4 members (excludes halogenated alkanes) is 1. The van der Waals surface area contributed by atoms with Crippen LogP contribution in [0.5, 0.6) is 5.88 Å². The van der Waals surface area contributed by atoms with Crippen molar-refractivity contribution in [2.45, 2.75) is 39.5 Å². The Morgan fingerprint density at radius 3 is 2.41 bits per heavy atom. The lowest BCUT2D eigenvalue weighted by Gasteiger charge is -2.23. The van der Waals surface area contributed by atoms with E-state index in [-0.39, 0.29) is 0 Å². The number of pyridine rings is 1. The Bertz CT molecular complexity index is 872. The first-order valence-corrected chi connectivity index (χ1v) is 10.1. The van der Waals surface area contributed by atoms with Crippen LogP contribution in [-0.4, -0.2) is 32.9 Å². The molecule has 0 fully saturated rings. The molecule has 3 aromatic rings. The quantitative estimate of drug-likeness (QED) is 0.504. The minimum atomic E-state index is 0.471. The summed E-state index contributed by atoms with van der Waals surface area (Å²) in [7, 11) is 0. The molecule has 0 aliphatic carbocycles. The van der Waals surface area contributed by atoms with Gasteiger partial charge in [0.15, 0.2) is 0 Å². The standard InChI is InChI=1S/C23H29N5O/c1-19-8-7-12-25-21(19)16-28(15-6-5-11-24)17-22-23(27-14-13-26-22)29-18-20-9-3-2-4-10-20/h2-4,7-10,12-14H,5-6,11,15-18,24H2,1H3. The molecule has 0 amide bonds. The summed E-state index contributed by atoms with van der Waals surface area (Å²) in [5, 5.41) is 0. The number of rotatable bonds is 11. The Kier molecular flexibility index (Phi) is 8.10. The maximum atomic E-state index is 5.99. The van der Waals surface area contributed by atoms with Gasteiger partial charge < -0.3 is 10.5 Å². The summed E-state index contributed by atoms with van der Waals surface area (Å²) < 4.78 is 5.99. The number of hydrogen-bond donors (Lipinski definition) is 1. The molecule has 0 aliphatic heterocycles. The van der Waals surface area contributed by atoms with Gasteiger partial charge in [0.2, 0.25) is 5.88 Å². The van der Waals surface area contributed by atoms with Crippen molar-refractivity contribution in [3.8, 4) is 5.88 Å². The predicted molar refractivity (Wildman–Crippen MR) is 114 cm³/mol. The van der Waals surface area contributed by atoms with Crippen molar-refractivity contribution in [3.05, 3.63) is 83.6 Å². The zero-order valence-corrected chi connectivity index (χ0v) is 17.0. The lowest BCUT2D eigenvalue weighted by Crippen LogP contribution is -2.26. The van der Waals surface area contributed by atoms with Crippen molar-refractivity contribution in [2.75, 3.05) is 13.1 Å². The molecule has 152 valence electrons. The van der Waals surface area contributed by atoms with Gasteiger partial charge in [-0.05, 0) is 50.0 Å². The van der Waals surface area contributed by atoms with E-state index >= 15 is 0 Å². The topological polar surface area (TPSA) is 77.2 Å². The largest absolute Gasteiger partial charge is 0.471 e. The maximum absolute atomic E-state index is 5.99. The Labute approximate surface area is 172 Å². The second kappa shape index (κ2) is 11.2. The molecule has 0 saturated heterocycles. The molecule has 2 N–H and O–H groups in total. The zero-order valence-electron chi connectivity index (χ0n) is 17.0. The van der Waals surface area contributed by atoms with E-state index in [1.54, 1.807) is 12.4 Å². The van der Waals surface area contributed by atoms with Gasteiger partial charge in [-0.2, -0.15) is 0 Å². The fourth-order valence-electron chi connectivity index (χ4n) is 3.11. The van der Waals surface area contributed by atoms with E-state index in [4.69, 9.17) is 10.5 Å². The van der Waals surface area contributed by atoms with E-state index in [9.17, 15) is 0 Å². The predicted octanol–water partition coefficient (Wildman–Crippen LogP) is 3.50. The SMILES string of the molecule is Cc1cccnc1CN(CCCCN)Cc1nccnc1OCc1ccccc1. The third kappa shape index (κ3) is 6.62. The molecule has 0 bridgehead atoms. The monoisotopic (exact) mass is 391 g/mol. The first kappa shape index (κ1) is 20.9. The highest BCUT2D eigenvalue weighted by Gasteiger charge is 2.14. The van der Waals surface area contributed by atoms with E-state index in [0.717, 1.165) is 42.9 Å². The van der Waals surface area contributed by atoms with Crippen molar-refractivity contribution in [1.82, 2.24) is 19.9 Å². The highest BCUT2D eigenvalue weighted by molar-refractivity contribution is 5.21.